The van der Waals surface area contributed by atoms with E-state index in [4.69, 9.17) is 9.84 Å². The van der Waals surface area contributed by atoms with E-state index in [1.54, 1.807) is 25.1 Å². The summed E-state index contributed by atoms with van der Waals surface area (Å²) < 4.78 is 5.58. The topological polar surface area (TPSA) is 105 Å². The third kappa shape index (κ3) is 4.93. The molecular formula is C27H26N2O5. The van der Waals surface area contributed by atoms with E-state index in [2.05, 4.69) is 22.8 Å². The lowest BCUT2D eigenvalue weighted by atomic mass is 9.98. The predicted octanol–water partition coefficient (Wildman–Crippen LogP) is 4.95. The van der Waals surface area contributed by atoms with Gasteiger partial charge in [0.1, 0.15) is 6.61 Å². The van der Waals surface area contributed by atoms with Crippen LogP contribution >= 0.6 is 0 Å². The molecule has 4 rings (SSSR count). The third-order valence-corrected chi connectivity index (χ3v) is 5.86. The van der Waals surface area contributed by atoms with Gasteiger partial charge in [0.25, 0.3) is 5.91 Å². The quantitative estimate of drug-likeness (QED) is 0.465. The van der Waals surface area contributed by atoms with Crippen LogP contribution in [0.5, 0.6) is 0 Å². The molecule has 0 aliphatic heterocycles. The number of hydrogen-bond acceptors (Lipinski definition) is 4. The molecule has 7 heteroatoms. The van der Waals surface area contributed by atoms with Crippen LogP contribution in [0.2, 0.25) is 0 Å². The van der Waals surface area contributed by atoms with Crippen molar-refractivity contribution >= 4 is 23.7 Å². The highest BCUT2D eigenvalue weighted by atomic mass is 16.5. The number of hydrogen-bond donors (Lipinski definition) is 3. The molecule has 0 spiro atoms. The molecule has 0 saturated carbocycles. The Labute approximate surface area is 197 Å². The van der Waals surface area contributed by atoms with Crippen molar-refractivity contribution in [3.05, 3.63) is 89.0 Å². The van der Waals surface area contributed by atoms with Crippen LogP contribution < -0.4 is 10.6 Å². The predicted molar refractivity (Wildman–Crippen MR) is 129 cm³/mol. The second kappa shape index (κ2) is 9.79. The van der Waals surface area contributed by atoms with E-state index in [1.165, 1.54) is 0 Å². The van der Waals surface area contributed by atoms with Crippen molar-refractivity contribution in [3.8, 4) is 11.1 Å². The molecule has 34 heavy (non-hydrogen) atoms. The fourth-order valence-electron chi connectivity index (χ4n) is 4.31. The van der Waals surface area contributed by atoms with Gasteiger partial charge in [-0.15, -0.1) is 0 Å². The largest absolute Gasteiger partial charge is 0.481 e. The Morgan fingerprint density at radius 3 is 2.21 bits per heavy atom. The first-order chi connectivity index (χ1) is 16.3. The molecule has 3 N–H and O–H groups in total. The number of nitrogens with one attached hydrogen (secondary N) is 2. The Morgan fingerprint density at radius 1 is 0.971 bits per heavy atom. The fraction of sp³-hybridized carbons (Fsp3) is 0.222. The zero-order valence-electron chi connectivity index (χ0n) is 19.0. The normalized spacial score (nSPS) is 12.9. The van der Waals surface area contributed by atoms with Crippen LogP contribution in [0.3, 0.4) is 0 Å². The van der Waals surface area contributed by atoms with Gasteiger partial charge in [-0.25, -0.2) is 4.79 Å². The lowest BCUT2D eigenvalue weighted by molar-refractivity contribution is -0.137. The first-order valence-electron chi connectivity index (χ1n) is 11.1. The summed E-state index contributed by atoms with van der Waals surface area (Å²) >= 11 is 0. The molecule has 1 aliphatic rings. The number of ether oxygens (including phenoxy) is 1. The number of fused-ring (bicyclic) bond motifs is 3. The number of amides is 2. The lowest BCUT2D eigenvalue weighted by Gasteiger charge is -2.17. The van der Waals surface area contributed by atoms with E-state index in [9.17, 15) is 14.4 Å². The number of carbonyl (C=O) groups excluding carboxylic acids is 2. The molecule has 0 radical (unpaired) electrons. The summed E-state index contributed by atoms with van der Waals surface area (Å²) in [5, 5.41) is 14.3. The third-order valence-electron chi connectivity index (χ3n) is 5.86. The maximum atomic E-state index is 12.7. The van der Waals surface area contributed by atoms with E-state index < -0.39 is 24.0 Å². The molecule has 2 amide bonds. The monoisotopic (exact) mass is 458 g/mol. The molecule has 1 aliphatic carbocycles. The minimum Gasteiger partial charge on any atom is -0.481 e. The average Bonchev–Trinajstić information content (AvgIpc) is 3.12. The number of benzene rings is 3. The van der Waals surface area contributed by atoms with Crippen molar-refractivity contribution in [2.75, 3.05) is 11.9 Å². The first kappa shape index (κ1) is 23.0. The maximum Gasteiger partial charge on any atom is 0.411 e. The number of anilines is 1. The van der Waals surface area contributed by atoms with Gasteiger partial charge < -0.3 is 15.2 Å². The second-order valence-electron chi connectivity index (χ2n) is 8.47. The lowest BCUT2D eigenvalue weighted by Crippen LogP contribution is -2.34. The van der Waals surface area contributed by atoms with Crippen molar-refractivity contribution in [2.24, 2.45) is 0 Å². The molecule has 1 unspecified atom stereocenters. The van der Waals surface area contributed by atoms with Crippen LogP contribution in [0.1, 0.15) is 46.3 Å². The molecule has 0 aromatic heterocycles. The summed E-state index contributed by atoms with van der Waals surface area (Å²) in [7, 11) is 0. The van der Waals surface area contributed by atoms with Crippen molar-refractivity contribution in [1.29, 1.82) is 0 Å². The molecule has 7 nitrogen and oxygen atoms in total. The standard InChI is InChI=1S/C27H26N2O5/c1-16-11-12-24(22(13-16)26(32)28-17(2)14-25(30)31)29-27(33)34-15-23-20-9-5-3-7-18(20)19-8-4-6-10-21(19)23/h3-13,17,23H,14-15H2,1-2H3,(H,28,32)(H,29,33)(H,30,31). The van der Waals surface area contributed by atoms with E-state index >= 15 is 0 Å². The molecule has 0 heterocycles. The van der Waals surface area contributed by atoms with E-state index in [1.807, 2.05) is 43.3 Å². The van der Waals surface area contributed by atoms with Gasteiger partial charge in [0.05, 0.1) is 17.7 Å². The molecule has 174 valence electrons. The van der Waals surface area contributed by atoms with Gasteiger partial charge in [0.15, 0.2) is 0 Å². The van der Waals surface area contributed by atoms with Gasteiger partial charge in [0, 0.05) is 12.0 Å². The number of carboxylic acids is 1. The highest BCUT2D eigenvalue weighted by Crippen LogP contribution is 2.44. The Hall–Kier alpha value is -4.13. The highest BCUT2D eigenvalue weighted by Gasteiger charge is 2.29. The summed E-state index contributed by atoms with van der Waals surface area (Å²) in [6.45, 7) is 3.60. The Kier molecular flexibility index (Phi) is 6.63. The zero-order chi connectivity index (χ0) is 24.2. The summed E-state index contributed by atoms with van der Waals surface area (Å²) in [5.41, 5.74) is 5.86. The first-order valence-corrected chi connectivity index (χ1v) is 11.1. The Bertz CT molecular complexity index is 1210. The molecular weight excluding hydrogens is 432 g/mol. The molecule has 0 saturated heterocycles. The summed E-state index contributed by atoms with van der Waals surface area (Å²) in [4.78, 5) is 36.3. The minimum absolute atomic E-state index is 0.0733. The van der Waals surface area contributed by atoms with E-state index in [-0.39, 0.29) is 24.5 Å². The van der Waals surface area contributed by atoms with Gasteiger partial charge in [-0.2, -0.15) is 0 Å². The van der Waals surface area contributed by atoms with Crippen LogP contribution in [0.15, 0.2) is 66.7 Å². The van der Waals surface area contributed by atoms with E-state index in [0.717, 1.165) is 27.8 Å². The highest BCUT2D eigenvalue weighted by molar-refractivity contribution is 6.03. The number of aliphatic carboxylic acids is 1. The molecule has 3 aromatic carbocycles. The summed E-state index contributed by atoms with van der Waals surface area (Å²) in [5.74, 6) is -1.55. The van der Waals surface area contributed by atoms with Gasteiger partial charge in [0.2, 0.25) is 0 Å². The van der Waals surface area contributed by atoms with Crippen molar-refractivity contribution in [2.45, 2.75) is 32.2 Å². The van der Waals surface area contributed by atoms with Crippen LogP contribution in [-0.2, 0) is 9.53 Å². The van der Waals surface area contributed by atoms with Crippen molar-refractivity contribution < 1.29 is 24.2 Å². The number of rotatable bonds is 7. The fourth-order valence-corrected chi connectivity index (χ4v) is 4.31. The Morgan fingerprint density at radius 2 is 1.59 bits per heavy atom. The second-order valence-corrected chi connectivity index (χ2v) is 8.47. The maximum absolute atomic E-state index is 12.7. The Balaban J connectivity index is 1.46. The molecule has 0 bridgehead atoms. The minimum atomic E-state index is -1.01. The summed E-state index contributed by atoms with van der Waals surface area (Å²) in [6.07, 6.45) is -0.870. The number of carbonyl (C=O) groups is 3. The number of aryl methyl sites for hydroxylation is 1. The van der Waals surface area contributed by atoms with Crippen LogP contribution in [0.4, 0.5) is 10.5 Å². The van der Waals surface area contributed by atoms with Crippen molar-refractivity contribution in [1.82, 2.24) is 5.32 Å². The average molecular weight is 459 g/mol. The van der Waals surface area contributed by atoms with Crippen LogP contribution in [-0.4, -0.2) is 35.7 Å². The van der Waals surface area contributed by atoms with Crippen molar-refractivity contribution in [3.63, 3.8) is 0 Å². The van der Waals surface area contributed by atoms with E-state index in [0.29, 0.717) is 5.69 Å². The van der Waals surface area contributed by atoms with Crippen LogP contribution in [0, 0.1) is 6.92 Å². The van der Waals surface area contributed by atoms with Gasteiger partial charge in [-0.05, 0) is 48.2 Å². The molecule has 0 fully saturated rings. The van der Waals surface area contributed by atoms with Gasteiger partial charge in [-0.1, -0.05) is 60.2 Å². The smallest absolute Gasteiger partial charge is 0.411 e. The summed E-state index contributed by atoms with van der Waals surface area (Å²) in [6, 6.07) is 20.6. The van der Waals surface area contributed by atoms with Crippen LogP contribution in [0.25, 0.3) is 11.1 Å². The number of carboxylic acid groups (broad SMARTS) is 1. The molecule has 1 atom stereocenters. The van der Waals surface area contributed by atoms with Gasteiger partial charge >= 0.3 is 12.1 Å². The zero-order valence-corrected chi connectivity index (χ0v) is 19.0. The SMILES string of the molecule is Cc1ccc(NC(=O)OCC2c3ccccc3-c3ccccc32)c(C(=O)NC(C)CC(=O)O)c1. The molecule has 3 aromatic rings. The van der Waals surface area contributed by atoms with Gasteiger partial charge in [-0.3, -0.25) is 14.9 Å².